The maximum atomic E-state index is 9.01. The van der Waals surface area contributed by atoms with E-state index >= 15 is 0 Å². The van der Waals surface area contributed by atoms with Crippen LogP contribution in [0.25, 0.3) is 0 Å². The van der Waals surface area contributed by atoms with Gasteiger partial charge >= 0.3 is 0 Å². The van der Waals surface area contributed by atoms with Crippen LogP contribution in [-0.2, 0) is 10.3 Å². The molecule has 0 radical (unpaired) electrons. The molecule has 0 aliphatic heterocycles. The second kappa shape index (κ2) is 5.14. The van der Waals surface area contributed by atoms with Crippen molar-refractivity contribution in [1.29, 1.82) is 0 Å². The Kier molecular flexibility index (Phi) is 4.12. The molecule has 1 atom stereocenters. The highest BCUT2D eigenvalue weighted by atomic mass is 16.5. The van der Waals surface area contributed by atoms with Gasteiger partial charge in [-0.2, -0.15) is 0 Å². The van der Waals surface area contributed by atoms with E-state index in [1.807, 2.05) is 31.2 Å². The number of aliphatic hydroxyl groups excluding tert-OH is 1. The Labute approximate surface area is 90.6 Å². The SMILES string of the molecule is COc1cccc(C(C)(CCO)OC)c1. The van der Waals surface area contributed by atoms with Crippen molar-refractivity contribution in [2.24, 2.45) is 0 Å². The van der Waals surface area contributed by atoms with Gasteiger partial charge in [0.25, 0.3) is 0 Å². The Morgan fingerprint density at radius 3 is 2.60 bits per heavy atom. The molecule has 0 saturated carbocycles. The van der Waals surface area contributed by atoms with E-state index in [-0.39, 0.29) is 6.61 Å². The van der Waals surface area contributed by atoms with Crippen LogP contribution in [0.3, 0.4) is 0 Å². The van der Waals surface area contributed by atoms with Crippen molar-refractivity contribution in [3.63, 3.8) is 0 Å². The van der Waals surface area contributed by atoms with Crippen molar-refractivity contribution >= 4 is 0 Å². The molecular formula is C12H18O3. The lowest BCUT2D eigenvalue weighted by molar-refractivity contribution is -0.0174. The largest absolute Gasteiger partial charge is 0.497 e. The van der Waals surface area contributed by atoms with Gasteiger partial charge in [0.05, 0.1) is 12.7 Å². The maximum absolute atomic E-state index is 9.01. The van der Waals surface area contributed by atoms with Crippen LogP contribution in [0.5, 0.6) is 5.75 Å². The third-order valence-corrected chi connectivity index (χ3v) is 2.72. The average Bonchev–Trinajstić information content (AvgIpc) is 2.29. The van der Waals surface area contributed by atoms with Gasteiger partial charge in [0, 0.05) is 20.1 Å². The minimum Gasteiger partial charge on any atom is -0.497 e. The van der Waals surface area contributed by atoms with Crippen LogP contribution in [0, 0.1) is 0 Å². The molecule has 0 spiro atoms. The Bertz CT molecular complexity index is 311. The summed E-state index contributed by atoms with van der Waals surface area (Å²) in [5.41, 5.74) is 0.557. The topological polar surface area (TPSA) is 38.7 Å². The number of hydrogen-bond acceptors (Lipinski definition) is 3. The standard InChI is InChI=1S/C12H18O3/c1-12(15-3,7-8-13)10-5-4-6-11(9-10)14-2/h4-6,9,13H,7-8H2,1-3H3. The molecule has 0 aromatic heterocycles. The van der Waals surface area contributed by atoms with E-state index in [2.05, 4.69) is 0 Å². The van der Waals surface area contributed by atoms with Crippen LogP contribution in [0.2, 0.25) is 0 Å². The van der Waals surface area contributed by atoms with E-state index in [1.54, 1.807) is 14.2 Å². The van der Waals surface area contributed by atoms with Gasteiger partial charge < -0.3 is 14.6 Å². The third-order valence-electron chi connectivity index (χ3n) is 2.72. The van der Waals surface area contributed by atoms with E-state index in [0.717, 1.165) is 11.3 Å². The zero-order valence-corrected chi connectivity index (χ0v) is 9.49. The molecule has 3 nitrogen and oxygen atoms in total. The van der Waals surface area contributed by atoms with Crippen LogP contribution in [0.1, 0.15) is 18.9 Å². The van der Waals surface area contributed by atoms with Crippen LogP contribution < -0.4 is 4.74 Å². The molecule has 1 N–H and O–H groups in total. The van der Waals surface area contributed by atoms with Crippen molar-refractivity contribution in [3.8, 4) is 5.75 Å². The summed E-state index contributed by atoms with van der Waals surface area (Å²) in [6, 6.07) is 7.71. The first-order valence-electron chi connectivity index (χ1n) is 4.97. The van der Waals surface area contributed by atoms with Crippen molar-refractivity contribution in [2.75, 3.05) is 20.8 Å². The summed E-state index contributed by atoms with van der Waals surface area (Å²) in [6.45, 7) is 2.06. The fraction of sp³-hybridized carbons (Fsp3) is 0.500. The predicted molar refractivity (Wildman–Crippen MR) is 59.1 cm³/mol. The highest BCUT2D eigenvalue weighted by Gasteiger charge is 2.25. The first kappa shape index (κ1) is 12.0. The van der Waals surface area contributed by atoms with Crippen LogP contribution in [0.15, 0.2) is 24.3 Å². The molecule has 0 aliphatic rings. The summed E-state index contributed by atoms with van der Waals surface area (Å²) in [4.78, 5) is 0. The van der Waals surface area contributed by atoms with Crippen molar-refractivity contribution in [3.05, 3.63) is 29.8 Å². The molecule has 1 aromatic carbocycles. The van der Waals surface area contributed by atoms with Gasteiger partial charge in [0.2, 0.25) is 0 Å². The summed E-state index contributed by atoms with van der Waals surface area (Å²) >= 11 is 0. The van der Waals surface area contributed by atoms with Crippen LogP contribution in [0.4, 0.5) is 0 Å². The summed E-state index contributed by atoms with van der Waals surface area (Å²) in [5.74, 6) is 0.800. The maximum Gasteiger partial charge on any atom is 0.119 e. The van der Waals surface area contributed by atoms with Crippen LogP contribution >= 0.6 is 0 Å². The molecule has 0 bridgehead atoms. The first-order chi connectivity index (χ1) is 7.16. The van der Waals surface area contributed by atoms with Gasteiger partial charge in [-0.1, -0.05) is 12.1 Å². The molecule has 0 fully saturated rings. The summed E-state index contributed by atoms with van der Waals surface area (Å²) in [5, 5.41) is 9.01. The molecule has 0 heterocycles. The molecule has 84 valence electrons. The lowest BCUT2D eigenvalue weighted by Crippen LogP contribution is -2.25. The quantitative estimate of drug-likeness (QED) is 0.807. The molecule has 0 aliphatic carbocycles. The molecule has 1 unspecified atom stereocenters. The number of ether oxygens (including phenoxy) is 2. The van der Waals surface area contributed by atoms with Gasteiger partial charge in [-0.25, -0.2) is 0 Å². The monoisotopic (exact) mass is 210 g/mol. The summed E-state index contributed by atoms with van der Waals surface area (Å²) < 4.78 is 10.6. The van der Waals surface area contributed by atoms with E-state index in [4.69, 9.17) is 14.6 Å². The van der Waals surface area contributed by atoms with Crippen molar-refractivity contribution in [2.45, 2.75) is 18.9 Å². The number of methoxy groups -OCH3 is 2. The molecule has 3 heteroatoms. The van der Waals surface area contributed by atoms with E-state index < -0.39 is 5.60 Å². The lowest BCUT2D eigenvalue weighted by atomic mass is 9.92. The number of hydrogen-bond donors (Lipinski definition) is 1. The van der Waals surface area contributed by atoms with Crippen molar-refractivity contribution < 1.29 is 14.6 Å². The zero-order chi connectivity index (χ0) is 11.3. The molecule has 0 saturated heterocycles. The Hall–Kier alpha value is -1.06. The summed E-state index contributed by atoms with van der Waals surface area (Å²) in [7, 11) is 3.28. The van der Waals surface area contributed by atoms with Crippen molar-refractivity contribution in [1.82, 2.24) is 0 Å². The lowest BCUT2D eigenvalue weighted by Gasteiger charge is -2.28. The average molecular weight is 210 g/mol. The highest BCUT2D eigenvalue weighted by molar-refractivity contribution is 5.32. The highest BCUT2D eigenvalue weighted by Crippen LogP contribution is 2.30. The van der Waals surface area contributed by atoms with Crippen LogP contribution in [-0.4, -0.2) is 25.9 Å². The van der Waals surface area contributed by atoms with E-state index in [9.17, 15) is 0 Å². The molecular weight excluding hydrogens is 192 g/mol. The molecule has 1 aromatic rings. The fourth-order valence-corrected chi connectivity index (χ4v) is 1.53. The Morgan fingerprint density at radius 2 is 2.07 bits per heavy atom. The zero-order valence-electron chi connectivity index (χ0n) is 9.49. The molecule has 15 heavy (non-hydrogen) atoms. The normalized spacial score (nSPS) is 14.7. The smallest absolute Gasteiger partial charge is 0.119 e. The number of rotatable bonds is 5. The molecule has 0 amide bonds. The van der Waals surface area contributed by atoms with Gasteiger partial charge in [0.1, 0.15) is 5.75 Å². The fourth-order valence-electron chi connectivity index (χ4n) is 1.53. The predicted octanol–water partition coefficient (Wildman–Crippen LogP) is 1.94. The minimum atomic E-state index is -0.455. The van der Waals surface area contributed by atoms with Gasteiger partial charge in [-0.05, 0) is 24.6 Å². The second-order valence-electron chi connectivity index (χ2n) is 3.64. The number of benzene rings is 1. The van der Waals surface area contributed by atoms with E-state index in [0.29, 0.717) is 6.42 Å². The molecule has 1 rings (SSSR count). The van der Waals surface area contributed by atoms with E-state index in [1.165, 1.54) is 0 Å². The second-order valence-corrected chi connectivity index (χ2v) is 3.64. The van der Waals surface area contributed by atoms with Gasteiger partial charge in [-0.15, -0.1) is 0 Å². The van der Waals surface area contributed by atoms with Gasteiger partial charge in [-0.3, -0.25) is 0 Å². The third kappa shape index (κ3) is 2.70. The number of aliphatic hydroxyl groups is 1. The minimum absolute atomic E-state index is 0.0988. The van der Waals surface area contributed by atoms with Gasteiger partial charge in [0.15, 0.2) is 0 Å². The Morgan fingerprint density at radius 1 is 1.33 bits per heavy atom. The Balaban J connectivity index is 3.00. The summed E-state index contributed by atoms with van der Waals surface area (Å²) in [6.07, 6.45) is 0.566. The first-order valence-corrected chi connectivity index (χ1v) is 4.97.